The van der Waals surface area contributed by atoms with Crippen LogP contribution in [0.15, 0.2) is 89.4 Å². The molecule has 4 rings (SSSR count). The third kappa shape index (κ3) is 5.64. The number of benzene rings is 2. The normalized spacial score (nSPS) is 10.9. The molecule has 0 atom stereocenters. The maximum Gasteiger partial charge on any atom is 0.250 e. The van der Waals surface area contributed by atoms with Gasteiger partial charge < -0.3 is 4.74 Å². The fourth-order valence-electron chi connectivity index (χ4n) is 3.07. The lowest BCUT2D eigenvalue weighted by atomic mass is 10.2. The molecule has 0 spiro atoms. The molecule has 1 N–H and O–H groups in total. The third-order valence-corrected chi connectivity index (χ3v) is 5.46. The topological polar surface area (TPSA) is 94.3 Å². The van der Waals surface area contributed by atoms with E-state index in [0.717, 1.165) is 16.8 Å². The number of nitrogens with one attached hydrogen (secondary N) is 1. The van der Waals surface area contributed by atoms with Crippen LogP contribution in [0.5, 0.6) is 5.75 Å². The van der Waals surface area contributed by atoms with E-state index in [1.165, 1.54) is 11.8 Å². The van der Waals surface area contributed by atoms with Gasteiger partial charge in [0.25, 0.3) is 5.91 Å². The second-order valence-corrected chi connectivity index (χ2v) is 7.71. The zero-order valence-corrected chi connectivity index (χ0v) is 18.8. The molecule has 1 amide bonds. The first-order valence-corrected chi connectivity index (χ1v) is 11.3. The Morgan fingerprint density at radius 3 is 2.61 bits per heavy atom. The molecular formula is C24H22N6O2S. The summed E-state index contributed by atoms with van der Waals surface area (Å²) in [5, 5.41) is 13.3. The molecule has 0 aliphatic carbocycles. The van der Waals surface area contributed by atoms with E-state index in [1.807, 2.05) is 78.2 Å². The molecule has 0 saturated carbocycles. The average Bonchev–Trinajstić information content (AvgIpc) is 3.29. The number of ether oxygens (including phenoxy) is 1. The standard InChI is InChI=1S/C24H22N6O2S/c1-2-32-21-11-7-6-8-19(21)16-26-27-22(31)17-33-24-29-28-23(18-12-14-25-15-13-18)30(24)20-9-4-3-5-10-20/h3-16H,2,17H2,1H3,(H,27,31)/b26-16+. The van der Waals surface area contributed by atoms with Crippen molar-refractivity contribution in [3.8, 4) is 22.8 Å². The summed E-state index contributed by atoms with van der Waals surface area (Å²) in [7, 11) is 0. The maximum atomic E-state index is 12.4. The Morgan fingerprint density at radius 2 is 1.82 bits per heavy atom. The van der Waals surface area contributed by atoms with Crippen LogP contribution in [0.1, 0.15) is 12.5 Å². The summed E-state index contributed by atoms with van der Waals surface area (Å²) in [5.41, 5.74) is 5.14. The van der Waals surface area contributed by atoms with E-state index in [-0.39, 0.29) is 11.7 Å². The molecule has 0 bridgehead atoms. The molecule has 0 aliphatic heterocycles. The van der Waals surface area contributed by atoms with E-state index in [4.69, 9.17) is 4.74 Å². The van der Waals surface area contributed by atoms with Crippen LogP contribution in [-0.4, -0.2) is 44.2 Å². The summed E-state index contributed by atoms with van der Waals surface area (Å²) in [6, 6.07) is 21.0. The van der Waals surface area contributed by atoms with E-state index in [0.29, 0.717) is 23.3 Å². The summed E-state index contributed by atoms with van der Waals surface area (Å²) in [6.07, 6.45) is 4.99. The van der Waals surface area contributed by atoms with E-state index < -0.39 is 0 Å². The first kappa shape index (κ1) is 22.2. The van der Waals surface area contributed by atoms with Crippen LogP contribution in [0, 0.1) is 0 Å². The van der Waals surface area contributed by atoms with Gasteiger partial charge in [-0.05, 0) is 43.3 Å². The maximum absolute atomic E-state index is 12.4. The first-order valence-electron chi connectivity index (χ1n) is 10.3. The quantitative estimate of drug-likeness (QED) is 0.232. The van der Waals surface area contributed by atoms with Crippen LogP contribution in [0.25, 0.3) is 17.1 Å². The van der Waals surface area contributed by atoms with Crippen molar-refractivity contribution in [2.75, 3.05) is 12.4 Å². The predicted molar refractivity (Wildman–Crippen MR) is 129 cm³/mol. The molecule has 166 valence electrons. The molecule has 8 nitrogen and oxygen atoms in total. The molecule has 2 aromatic carbocycles. The fraction of sp³-hybridized carbons (Fsp3) is 0.125. The Kier molecular flexibility index (Phi) is 7.44. The van der Waals surface area contributed by atoms with Crippen molar-refractivity contribution in [2.24, 2.45) is 5.10 Å². The first-order chi connectivity index (χ1) is 16.3. The van der Waals surface area contributed by atoms with Crippen molar-refractivity contribution in [3.05, 3.63) is 84.7 Å². The van der Waals surface area contributed by atoms with Gasteiger partial charge in [0.05, 0.1) is 18.6 Å². The van der Waals surface area contributed by atoms with Gasteiger partial charge in [0, 0.05) is 29.2 Å². The highest BCUT2D eigenvalue weighted by Crippen LogP contribution is 2.27. The minimum Gasteiger partial charge on any atom is -0.493 e. The van der Waals surface area contributed by atoms with Gasteiger partial charge >= 0.3 is 0 Å². The van der Waals surface area contributed by atoms with Crippen LogP contribution in [0.3, 0.4) is 0 Å². The molecule has 0 fully saturated rings. The van der Waals surface area contributed by atoms with Crippen LogP contribution in [-0.2, 0) is 4.79 Å². The molecule has 4 aromatic rings. The smallest absolute Gasteiger partial charge is 0.250 e. The second kappa shape index (κ2) is 11.1. The molecular weight excluding hydrogens is 436 g/mol. The lowest BCUT2D eigenvalue weighted by molar-refractivity contribution is -0.118. The largest absolute Gasteiger partial charge is 0.493 e. The number of para-hydroxylation sites is 2. The van der Waals surface area contributed by atoms with E-state index in [1.54, 1.807) is 18.6 Å². The van der Waals surface area contributed by atoms with E-state index in [9.17, 15) is 4.79 Å². The number of thioether (sulfide) groups is 1. The lowest BCUT2D eigenvalue weighted by Gasteiger charge is -2.10. The lowest BCUT2D eigenvalue weighted by Crippen LogP contribution is -2.20. The Balaban J connectivity index is 1.46. The summed E-state index contributed by atoms with van der Waals surface area (Å²) in [6.45, 7) is 2.47. The number of hydrogen-bond donors (Lipinski definition) is 1. The van der Waals surface area contributed by atoms with Gasteiger partial charge in [-0.25, -0.2) is 5.43 Å². The van der Waals surface area contributed by atoms with Crippen LogP contribution < -0.4 is 10.2 Å². The molecule has 0 saturated heterocycles. The monoisotopic (exact) mass is 458 g/mol. The van der Waals surface area contributed by atoms with Crippen molar-refractivity contribution in [1.29, 1.82) is 0 Å². The molecule has 9 heteroatoms. The summed E-state index contributed by atoms with van der Waals surface area (Å²) >= 11 is 1.29. The number of pyridine rings is 1. The number of carbonyl (C=O) groups is 1. The van der Waals surface area contributed by atoms with Gasteiger partial charge in [0.15, 0.2) is 11.0 Å². The summed E-state index contributed by atoms with van der Waals surface area (Å²) in [5.74, 6) is 1.27. The molecule has 0 unspecified atom stereocenters. The van der Waals surface area contributed by atoms with Crippen molar-refractivity contribution in [1.82, 2.24) is 25.2 Å². The highest BCUT2D eigenvalue weighted by molar-refractivity contribution is 7.99. The number of amides is 1. The fourth-order valence-corrected chi connectivity index (χ4v) is 3.82. The van der Waals surface area contributed by atoms with Crippen LogP contribution >= 0.6 is 11.8 Å². The molecule has 2 aromatic heterocycles. The van der Waals surface area contributed by atoms with Gasteiger partial charge in [0.1, 0.15) is 5.75 Å². The minimum absolute atomic E-state index is 0.131. The second-order valence-electron chi connectivity index (χ2n) is 6.77. The SMILES string of the molecule is CCOc1ccccc1/C=N/NC(=O)CSc1nnc(-c2ccncc2)n1-c1ccccc1. The molecule has 33 heavy (non-hydrogen) atoms. The Bertz CT molecular complexity index is 1230. The van der Waals surface area contributed by atoms with Crippen molar-refractivity contribution in [2.45, 2.75) is 12.1 Å². The zero-order valence-electron chi connectivity index (χ0n) is 18.0. The van der Waals surface area contributed by atoms with Gasteiger partial charge in [-0.1, -0.05) is 42.1 Å². The molecule has 0 radical (unpaired) electrons. The Morgan fingerprint density at radius 1 is 1.06 bits per heavy atom. The highest BCUT2D eigenvalue weighted by atomic mass is 32.2. The van der Waals surface area contributed by atoms with Gasteiger partial charge in [-0.3, -0.25) is 14.3 Å². The van der Waals surface area contributed by atoms with Gasteiger partial charge in [-0.2, -0.15) is 5.10 Å². The number of hydrogen-bond acceptors (Lipinski definition) is 7. The van der Waals surface area contributed by atoms with Gasteiger partial charge in [-0.15, -0.1) is 10.2 Å². The van der Waals surface area contributed by atoms with Gasteiger partial charge in [0.2, 0.25) is 0 Å². The van der Waals surface area contributed by atoms with Crippen molar-refractivity contribution < 1.29 is 9.53 Å². The van der Waals surface area contributed by atoms with Crippen molar-refractivity contribution >= 4 is 23.9 Å². The number of aromatic nitrogens is 4. The number of nitrogens with zero attached hydrogens (tertiary/aromatic N) is 5. The zero-order chi connectivity index (χ0) is 22.9. The summed E-state index contributed by atoms with van der Waals surface area (Å²) in [4.78, 5) is 16.5. The molecule has 0 aliphatic rings. The highest BCUT2D eigenvalue weighted by Gasteiger charge is 2.17. The summed E-state index contributed by atoms with van der Waals surface area (Å²) < 4.78 is 7.49. The van der Waals surface area contributed by atoms with Crippen LogP contribution in [0.4, 0.5) is 0 Å². The number of hydrazone groups is 1. The van der Waals surface area contributed by atoms with E-state index in [2.05, 4.69) is 25.7 Å². The molecule has 2 heterocycles. The number of carbonyl (C=O) groups excluding carboxylic acids is 1. The predicted octanol–water partition coefficient (Wildman–Crippen LogP) is 3.97. The minimum atomic E-state index is -0.252. The third-order valence-electron chi connectivity index (χ3n) is 4.53. The Labute approximate surface area is 195 Å². The van der Waals surface area contributed by atoms with E-state index >= 15 is 0 Å². The Hall–Kier alpha value is -3.98. The average molecular weight is 459 g/mol. The van der Waals surface area contributed by atoms with Crippen LogP contribution in [0.2, 0.25) is 0 Å². The van der Waals surface area contributed by atoms with Crippen molar-refractivity contribution in [3.63, 3.8) is 0 Å². The number of rotatable bonds is 9.